The molecule has 7 aliphatic carbocycles. The fourth-order valence-electron chi connectivity index (χ4n) is 9.53. The van der Waals surface area contributed by atoms with Gasteiger partial charge in [-0.3, -0.25) is 9.59 Å². The van der Waals surface area contributed by atoms with Crippen molar-refractivity contribution < 1.29 is 19.1 Å². The lowest BCUT2D eigenvalue weighted by Gasteiger charge is -3.05. The Morgan fingerprint density at radius 2 is 1.14 bits per heavy atom. The van der Waals surface area contributed by atoms with Crippen LogP contribution >= 0.6 is 0 Å². The molecule has 2 bridgehead atoms. The summed E-state index contributed by atoms with van der Waals surface area (Å²) in [5, 5.41) is 0. The first-order valence-corrected chi connectivity index (χ1v) is 8.82. The van der Waals surface area contributed by atoms with E-state index in [1.165, 1.54) is 39.9 Å². The van der Waals surface area contributed by atoms with Gasteiger partial charge in [0.2, 0.25) is 0 Å². The Balaban J connectivity index is 1.45. The quantitative estimate of drug-likeness (QED) is 0.731. The van der Waals surface area contributed by atoms with Gasteiger partial charge in [0.25, 0.3) is 0 Å². The molecule has 0 aromatic heterocycles. The molecule has 4 nitrogen and oxygen atoms in total. The van der Waals surface area contributed by atoms with E-state index in [4.69, 9.17) is 9.47 Å². The van der Waals surface area contributed by atoms with Crippen molar-refractivity contribution in [3.8, 4) is 0 Å². The monoisotopic (exact) mass is 302 g/mol. The molecule has 7 saturated carbocycles. The molecular formula is C18H22O4. The van der Waals surface area contributed by atoms with Crippen molar-refractivity contribution >= 4 is 11.9 Å². The Hall–Kier alpha value is -1.06. The van der Waals surface area contributed by atoms with Crippen LogP contribution in [0.1, 0.15) is 25.7 Å². The van der Waals surface area contributed by atoms with E-state index in [9.17, 15) is 9.59 Å². The fourth-order valence-corrected chi connectivity index (χ4v) is 9.53. The summed E-state index contributed by atoms with van der Waals surface area (Å²) in [6.45, 7) is 0. The lowest BCUT2D eigenvalue weighted by Crippen LogP contribution is -3.03. The average molecular weight is 302 g/mol. The third kappa shape index (κ3) is 0.771. The van der Waals surface area contributed by atoms with E-state index >= 15 is 0 Å². The van der Waals surface area contributed by atoms with Crippen molar-refractivity contribution in [3.63, 3.8) is 0 Å². The number of carbonyl (C=O) groups excluding carboxylic acids is 2. The largest absolute Gasteiger partial charge is 0.469 e. The molecule has 7 aliphatic rings. The zero-order valence-corrected chi connectivity index (χ0v) is 13.1. The number of methoxy groups -OCH3 is 2. The molecule has 0 aliphatic heterocycles. The number of ether oxygens (including phenoxy) is 2. The van der Waals surface area contributed by atoms with Crippen LogP contribution in [-0.4, -0.2) is 26.2 Å². The van der Waals surface area contributed by atoms with Gasteiger partial charge in [0.1, 0.15) is 0 Å². The topological polar surface area (TPSA) is 52.6 Å². The fraction of sp³-hybridized carbons (Fsp3) is 0.889. The van der Waals surface area contributed by atoms with Crippen LogP contribution in [0, 0.1) is 58.2 Å². The van der Waals surface area contributed by atoms with E-state index in [0.717, 1.165) is 23.7 Å². The van der Waals surface area contributed by atoms with Crippen molar-refractivity contribution in [1.82, 2.24) is 0 Å². The molecule has 0 aromatic rings. The van der Waals surface area contributed by atoms with Gasteiger partial charge in [-0.2, -0.15) is 0 Å². The molecule has 118 valence electrons. The molecule has 7 rings (SSSR count). The summed E-state index contributed by atoms with van der Waals surface area (Å²) in [6, 6.07) is 0. The van der Waals surface area contributed by atoms with Crippen molar-refractivity contribution in [2.75, 3.05) is 14.2 Å². The van der Waals surface area contributed by atoms with E-state index in [1.807, 2.05) is 0 Å². The zero-order chi connectivity index (χ0) is 15.0. The molecule has 4 unspecified atom stereocenters. The minimum Gasteiger partial charge on any atom is -0.469 e. The highest BCUT2D eigenvalue weighted by atomic mass is 16.5. The first-order chi connectivity index (χ1) is 10.7. The maximum atomic E-state index is 12.4. The Morgan fingerprint density at radius 1 is 0.773 bits per heavy atom. The predicted molar refractivity (Wildman–Crippen MR) is 75.3 cm³/mol. The van der Waals surface area contributed by atoms with Crippen molar-refractivity contribution in [2.45, 2.75) is 25.7 Å². The van der Waals surface area contributed by atoms with E-state index in [0.29, 0.717) is 22.7 Å². The zero-order valence-electron chi connectivity index (χ0n) is 13.1. The summed E-state index contributed by atoms with van der Waals surface area (Å²) in [6.07, 6.45) is 5.51. The third-order valence-corrected chi connectivity index (χ3v) is 9.27. The van der Waals surface area contributed by atoms with Crippen LogP contribution in [0.2, 0.25) is 0 Å². The number of rotatable bonds is 2. The van der Waals surface area contributed by atoms with E-state index in [2.05, 4.69) is 0 Å². The summed E-state index contributed by atoms with van der Waals surface area (Å²) >= 11 is 0. The maximum absolute atomic E-state index is 12.4. The maximum Gasteiger partial charge on any atom is 0.309 e. The van der Waals surface area contributed by atoms with Crippen LogP contribution in [0.4, 0.5) is 0 Å². The molecule has 0 N–H and O–H groups in total. The number of hydrogen-bond acceptors (Lipinski definition) is 4. The van der Waals surface area contributed by atoms with Crippen LogP contribution in [-0.2, 0) is 19.1 Å². The van der Waals surface area contributed by atoms with Gasteiger partial charge in [-0.15, -0.1) is 0 Å². The van der Waals surface area contributed by atoms with Gasteiger partial charge in [-0.1, -0.05) is 12.8 Å². The standard InChI is InChI=1S/C18H22O4/c1-21-15(19)7-8(16(20)22-2)10-13-11-9(7)12-14(10)18(13)6-4-3-5-17(11,12)18/h7-14H,3-6H2,1-2H3/t7-,8-,9?,10?,11-,12+,13-,14+,17?,18?/m1/s1. The predicted octanol–water partition coefficient (Wildman–Crippen LogP) is 1.88. The first kappa shape index (κ1) is 12.4. The SMILES string of the molecule is COC(=O)[C@H]1C2[C@@H]3[C@H]4C([C@@H]1C(=O)OC)[C@H]1[C@H]2C32CCCCC412. The third-order valence-electron chi connectivity index (χ3n) is 9.27. The van der Waals surface area contributed by atoms with E-state index < -0.39 is 0 Å². The Bertz CT molecular complexity index is 551. The van der Waals surface area contributed by atoms with Crippen LogP contribution in [0.5, 0.6) is 0 Å². The van der Waals surface area contributed by atoms with Crippen LogP contribution in [0.3, 0.4) is 0 Å². The molecule has 4 heteroatoms. The highest BCUT2D eigenvalue weighted by Gasteiger charge is 3.03. The number of fused-ring (bicyclic) bond motifs is 1. The molecular weight excluding hydrogens is 280 g/mol. The Morgan fingerprint density at radius 3 is 1.45 bits per heavy atom. The first-order valence-electron chi connectivity index (χ1n) is 8.82. The summed E-state index contributed by atoms with van der Waals surface area (Å²) in [5.74, 6) is 2.92. The van der Waals surface area contributed by atoms with E-state index in [1.54, 1.807) is 0 Å². The second-order valence-electron chi connectivity index (χ2n) is 8.64. The van der Waals surface area contributed by atoms with Gasteiger partial charge in [-0.05, 0) is 59.2 Å². The van der Waals surface area contributed by atoms with Crippen LogP contribution in [0.15, 0.2) is 0 Å². The lowest BCUT2D eigenvalue weighted by molar-refractivity contribution is -0.592. The second-order valence-corrected chi connectivity index (χ2v) is 8.64. The second kappa shape index (κ2) is 3.25. The van der Waals surface area contributed by atoms with Gasteiger partial charge in [-0.25, -0.2) is 0 Å². The molecule has 0 saturated heterocycles. The Labute approximate surface area is 129 Å². The van der Waals surface area contributed by atoms with Crippen molar-refractivity contribution in [3.05, 3.63) is 0 Å². The molecule has 10 atom stereocenters. The summed E-state index contributed by atoms with van der Waals surface area (Å²) in [4.78, 5) is 24.8. The molecule has 2 spiro atoms. The number of carbonyl (C=O) groups is 2. The normalized spacial score (nSPS) is 63.9. The molecule has 0 amide bonds. The molecule has 22 heavy (non-hydrogen) atoms. The van der Waals surface area contributed by atoms with E-state index in [-0.39, 0.29) is 23.8 Å². The molecule has 0 aromatic carbocycles. The highest BCUT2D eigenvalue weighted by Crippen LogP contribution is 3.05. The van der Waals surface area contributed by atoms with Gasteiger partial charge in [0.15, 0.2) is 0 Å². The number of hydrogen-bond donors (Lipinski definition) is 0. The van der Waals surface area contributed by atoms with Gasteiger partial charge in [0, 0.05) is 0 Å². The molecule has 0 heterocycles. The number of esters is 2. The minimum absolute atomic E-state index is 0.169. The molecule has 0 radical (unpaired) electrons. The smallest absolute Gasteiger partial charge is 0.309 e. The van der Waals surface area contributed by atoms with Crippen molar-refractivity contribution in [1.29, 1.82) is 0 Å². The summed E-state index contributed by atoms with van der Waals surface area (Å²) < 4.78 is 10.2. The van der Waals surface area contributed by atoms with Crippen LogP contribution < -0.4 is 0 Å². The van der Waals surface area contributed by atoms with Gasteiger partial charge < -0.3 is 9.47 Å². The molecule has 7 fully saturated rings. The highest BCUT2D eigenvalue weighted by molar-refractivity contribution is 5.85. The Kier molecular flexibility index (Phi) is 1.83. The summed E-state index contributed by atoms with van der Waals surface area (Å²) in [7, 11) is 2.91. The lowest BCUT2D eigenvalue weighted by atomic mass is 8.98. The minimum atomic E-state index is -0.226. The van der Waals surface area contributed by atoms with Gasteiger partial charge >= 0.3 is 11.9 Å². The van der Waals surface area contributed by atoms with Gasteiger partial charge in [0.05, 0.1) is 26.1 Å². The van der Waals surface area contributed by atoms with Crippen molar-refractivity contribution in [2.24, 2.45) is 58.2 Å². The van der Waals surface area contributed by atoms with Crippen LogP contribution in [0.25, 0.3) is 0 Å². The summed E-state index contributed by atoms with van der Waals surface area (Å²) in [5.41, 5.74) is 1.18. The average Bonchev–Trinajstić information content (AvgIpc) is 2.55.